The Hall–Kier alpha value is -2.59. The van der Waals surface area contributed by atoms with E-state index in [2.05, 4.69) is 10.3 Å². The molecule has 0 fully saturated rings. The van der Waals surface area contributed by atoms with E-state index >= 15 is 0 Å². The summed E-state index contributed by atoms with van der Waals surface area (Å²) in [4.78, 5) is 15.3. The van der Waals surface area contributed by atoms with Gasteiger partial charge in [0.1, 0.15) is 0 Å². The molecule has 0 aliphatic rings. The van der Waals surface area contributed by atoms with Crippen LogP contribution in [0.4, 0.5) is 5.69 Å². The molecular weight excluding hydrogens is 264 g/mol. The summed E-state index contributed by atoms with van der Waals surface area (Å²) in [6.45, 7) is 0.127. The van der Waals surface area contributed by atoms with Gasteiger partial charge in [0.25, 0.3) is 5.91 Å². The van der Waals surface area contributed by atoms with Crippen LogP contribution < -0.4 is 5.32 Å². The SMILES string of the molecule is O=C(Nc1ccc(CCO)cc1)c1ccc2cc[nH]c2c1. The molecule has 3 aromatic rings. The van der Waals surface area contributed by atoms with Crippen LogP contribution in [0.3, 0.4) is 0 Å². The van der Waals surface area contributed by atoms with Gasteiger partial charge in [-0.3, -0.25) is 4.79 Å². The third-order valence-corrected chi connectivity index (χ3v) is 3.43. The first-order valence-electron chi connectivity index (χ1n) is 6.84. The van der Waals surface area contributed by atoms with Crippen molar-refractivity contribution < 1.29 is 9.90 Å². The molecule has 0 atom stereocenters. The number of hydrogen-bond donors (Lipinski definition) is 3. The summed E-state index contributed by atoms with van der Waals surface area (Å²) in [5.41, 5.74) is 3.35. The first kappa shape index (κ1) is 13.4. The van der Waals surface area contributed by atoms with Crippen molar-refractivity contribution >= 4 is 22.5 Å². The zero-order valence-corrected chi connectivity index (χ0v) is 11.5. The number of rotatable bonds is 4. The Kier molecular flexibility index (Phi) is 3.71. The molecule has 2 aromatic carbocycles. The lowest BCUT2D eigenvalue weighted by molar-refractivity contribution is 0.102. The summed E-state index contributed by atoms with van der Waals surface area (Å²) in [5, 5.41) is 12.8. The topological polar surface area (TPSA) is 65.1 Å². The molecule has 21 heavy (non-hydrogen) atoms. The molecule has 4 heteroatoms. The smallest absolute Gasteiger partial charge is 0.255 e. The average molecular weight is 280 g/mol. The first-order chi connectivity index (χ1) is 10.3. The number of nitrogens with one attached hydrogen (secondary N) is 2. The lowest BCUT2D eigenvalue weighted by Crippen LogP contribution is -2.11. The number of H-pyrrole nitrogens is 1. The molecule has 0 bridgehead atoms. The van der Waals surface area contributed by atoms with E-state index < -0.39 is 0 Å². The average Bonchev–Trinajstić information content (AvgIpc) is 2.97. The molecule has 0 unspecified atom stereocenters. The van der Waals surface area contributed by atoms with Crippen molar-refractivity contribution in [1.82, 2.24) is 4.98 Å². The Morgan fingerprint density at radius 3 is 2.67 bits per heavy atom. The number of aromatic amines is 1. The van der Waals surface area contributed by atoms with Crippen molar-refractivity contribution in [3.05, 3.63) is 65.9 Å². The van der Waals surface area contributed by atoms with Crippen LogP contribution in [-0.4, -0.2) is 22.6 Å². The first-order valence-corrected chi connectivity index (χ1v) is 6.84. The predicted octanol–water partition coefficient (Wildman–Crippen LogP) is 2.96. The van der Waals surface area contributed by atoms with Crippen molar-refractivity contribution in [1.29, 1.82) is 0 Å². The standard InChI is InChI=1S/C17H16N2O2/c20-10-8-12-1-5-15(6-2-12)19-17(21)14-4-3-13-7-9-18-16(13)11-14/h1-7,9,11,18,20H,8,10H2,(H,19,21). The summed E-state index contributed by atoms with van der Waals surface area (Å²) in [5.74, 6) is -0.138. The number of amides is 1. The number of benzene rings is 2. The Balaban J connectivity index is 1.75. The second-order valence-corrected chi connectivity index (χ2v) is 4.90. The van der Waals surface area contributed by atoms with E-state index in [4.69, 9.17) is 5.11 Å². The number of aromatic nitrogens is 1. The second-order valence-electron chi connectivity index (χ2n) is 4.90. The Labute approximate surface area is 122 Å². The largest absolute Gasteiger partial charge is 0.396 e. The van der Waals surface area contributed by atoms with Gasteiger partial charge in [0.05, 0.1) is 0 Å². The quantitative estimate of drug-likeness (QED) is 0.688. The lowest BCUT2D eigenvalue weighted by atomic mass is 10.1. The van der Waals surface area contributed by atoms with Gasteiger partial charge in [-0.2, -0.15) is 0 Å². The maximum atomic E-state index is 12.2. The fraction of sp³-hybridized carbons (Fsp3) is 0.118. The lowest BCUT2D eigenvalue weighted by Gasteiger charge is -2.06. The summed E-state index contributed by atoms with van der Waals surface area (Å²) in [6, 6.07) is 15.0. The van der Waals surface area contributed by atoms with Gasteiger partial charge >= 0.3 is 0 Å². The van der Waals surface area contributed by atoms with Crippen LogP contribution in [-0.2, 0) is 6.42 Å². The van der Waals surface area contributed by atoms with Gasteiger partial charge in [0, 0.05) is 29.6 Å². The molecule has 3 rings (SSSR count). The molecule has 4 nitrogen and oxygen atoms in total. The molecule has 106 valence electrons. The third-order valence-electron chi connectivity index (χ3n) is 3.43. The number of carbonyl (C=O) groups excluding carboxylic acids is 1. The predicted molar refractivity (Wildman–Crippen MR) is 83.5 cm³/mol. The highest BCUT2D eigenvalue weighted by molar-refractivity contribution is 6.06. The second kappa shape index (κ2) is 5.81. The fourth-order valence-corrected chi connectivity index (χ4v) is 2.28. The minimum atomic E-state index is -0.138. The molecule has 0 aliphatic carbocycles. The number of aliphatic hydroxyl groups excluding tert-OH is 1. The van der Waals surface area contributed by atoms with Crippen LogP contribution in [0.15, 0.2) is 54.7 Å². The van der Waals surface area contributed by atoms with Crippen molar-refractivity contribution in [3.8, 4) is 0 Å². The molecule has 0 aliphatic heterocycles. The van der Waals surface area contributed by atoms with Gasteiger partial charge in [0.15, 0.2) is 0 Å². The number of anilines is 1. The Bertz CT molecular complexity index is 760. The zero-order valence-electron chi connectivity index (χ0n) is 11.5. The third kappa shape index (κ3) is 2.95. The van der Waals surface area contributed by atoms with E-state index in [0.29, 0.717) is 12.0 Å². The van der Waals surface area contributed by atoms with Crippen LogP contribution in [0.25, 0.3) is 10.9 Å². The van der Waals surface area contributed by atoms with Crippen LogP contribution >= 0.6 is 0 Å². The highest BCUT2D eigenvalue weighted by Gasteiger charge is 2.07. The molecule has 1 aromatic heterocycles. The van der Waals surface area contributed by atoms with Crippen LogP contribution in [0.5, 0.6) is 0 Å². The van der Waals surface area contributed by atoms with E-state index in [1.54, 1.807) is 0 Å². The summed E-state index contributed by atoms with van der Waals surface area (Å²) in [6.07, 6.45) is 2.48. The molecule has 1 amide bonds. The zero-order chi connectivity index (χ0) is 14.7. The number of aliphatic hydroxyl groups is 1. The highest BCUT2D eigenvalue weighted by atomic mass is 16.2. The van der Waals surface area contributed by atoms with E-state index in [9.17, 15) is 4.79 Å². The summed E-state index contributed by atoms with van der Waals surface area (Å²) >= 11 is 0. The van der Waals surface area contributed by atoms with Gasteiger partial charge < -0.3 is 15.4 Å². The van der Waals surface area contributed by atoms with Crippen molar-refractivity contribution in [3.63, 3.8) is 0 Å². The van der Waals surface area contributed by atoms with Crippen molar-refractivity contribution in [2.75, 3.05) is 11.9 Å². The van der Waals surface area contributed by atoms with Gasteiger partial charge in [0.2, 0.25) is 0 Å². The number of fused-ring (bicyclic) bond motifs is 1. The van der Waals surface area contributed by atoms with E-state index in [1.807, 2.05) is 54.7 Å². The van der Waals surface area contributed by atoms with Gasteiger partial charge in [-0.15, -0.1) is 0 Å². The van der Waals surface area contributed by atoms with E-state index in [1.165, 1.54) is 0 Å². The highest BCUT2D eigenvalue weighted by Crippen LogP contribution is 2.16. The minimum absolute atomic E-state index is 0.127. The maximum Gasteiger partial charge on any atom is 0.255 e. The van der Waals surface area contributed by atoms with Crippen molar-refractivity contribution in [2.24, 2.45) is 0 Å². The van der Waals surface area contributed by atoms with Gasteiger partial charge in [-0.25, -0.2) is 0 Å². The van der Waals surface area contributed by atoms with Gasteiger partial charge in [-0.05, 0) is 47.7 Å². The Morgan fingerprint density at radius 2 is 1.90 bits per heavy atom. The number of carbonyl (C=O) groups is 1. The molecule has 3 N–H and O–H groups in total. The molecule has 1 heterocycles. The van der Waals surface area contributed by atoms with Crippen LogP contribution in [0.2, 0.25) is 0 Å². The van der Waals surface area contributed by atoms with Gasteiger partial charge in [-0.1, -0.05) is 18.2 Å². The van der Waals surface area contributed by atoms with Crippen LogP contribution in [0, 0.1) is 0 Å². The fourth-order valence-electron chi connectivity index (χ4n) is 2.28. The molecular formula is C17H16N2O2. The normalized spacial score (nSPS) is 10.7. The Morgan fingerprint density at radius 1 is 1.10 bits per heavy atom. The van der Waals surface area contributed by atoms with E-state index in [-0.39, 0.29) is 12.5 Å². The maximum absolute atomic E-state index is 12.2. The molecule has 0 radical (unpaired) electrons. The molecule has 0 saturated carbocycles. The molecule has 0 spiro atoms. The summed E-state index contributed by atoms with van der Waals surface area (Å²) in [7, 11) is 0. The van der Waals surface area contributed by atoms with Crippen molar-refractivity contribution in [2.45, 2.75) is 6.42 Å². The van der Waals surface area contributed by atoms with Crippen LogP contribution in [0.1, 0.15) is 15.9 Å². The number of hydrogen-bond acceptors (Lipinski definition) is 2. The molecule has 0 saturated heterocycles. The minimum Gasteiger partial charge on any atom is -0.396 e. The summed E-state index contributed by atoms with van der Waals surface area (Å²) < 4.78 is 0. The van der Waals surface area contributed by atoms with E-state index in [0.717, 1.165) is 22.2 Å². The monoisotopic (exact) mass is 280 g/mol.